The van der Waals surface area contributed by atoms with E-state index in [1.165, 1.54) is 6.07 Å². The molecule has 1 unspecified atom stereocenters. The van der Waals surface area contributed by atoms with E-state index in [0.29, 0.717) is 11.1 Å². The molecule has 1 rings (SSSR count). The highest BCUT2D eigenvalue weighted by Crippen LogP contribution is 2.20. The first-order valence-electron chi connectivity index (χ1n) is 6.25. The van der Waals surface area contributed by atoms with Crippen LogP contribution in [0, 0.1) is 13.8 Å². The van der Waals surface area contributed by atoms with E-state index in [9.17, 15) is 18.0 Å². The van der Waals surface area contributed by atoms with Crippen LogP contribution < -0.4 is 10.5 Å². The number of aliphatic carboxylic acids is 1. The van der Waals surface area contributed by atoms with Gasteiger partial charge < -0.3 is 10.4 Å². The minimum Gasteiger partial charge on any atom is -0.480 e. The van der Waals surface area contributed by atoms with Gasteiger partial charge in [-0.05, 0) is 43.5 Å². The van der Waals surface area contributed by atoms with Gasteiger partial charge in [0, 0.05) is 5.56 Å². The topological polar surface area (TPSA) is 127 Å². The van der Waals surface area contributed by atoms with Crippen molar-refractivity contribution in [2.24, 2.45) is 5.14 Å². The Kier molecular flexibility index (Phi) is 5.08. The quantitative estimate of drug-likeness (QED) is 0.731. The van der Waals surface area contributed by atoms with Gasteiger partial charge in [-0.2, -0.15) is 0 Å². The fourth-order valence-corrected chi connectivity index (χ4v) is 2.71. The highest BCUT2D eigenvalue weighted by atomic mass is 32.2. The van der Waals surface area contributed by atoms with E-state index in [-0.39, 0.29) is 16.9 Å². The van der Waals surface area contributed by atoms with Gasteiger partial charge in [0.1, 0.15) is 6.04 Å². The molecule has 0 aliphatic carbocycles. The number of hydrogen-bond acceptors (Lipinski definition) is 4. The lowest BCUT2D eigenvalue weighted by Crippen LogP contribution is -2.40. The number of primary sulfonamides is 1. The molecule has 7 nitrogen and oxygen atoms in total. The molecule has 8 heteroatoms. The molecule has 0 aromatic heterocycles. The number of sulfonamides is 1. The number of nitrogens with one attached hydrogen (secondary N) is 1. The van der Waals surface area contributed by atoms with E-state index in [2.05, 4.69) is 5.32 Å². The zero-order valence-corrected chi connectivity index (χ0v) is 12.8. The predicted octanol–water partition coefficient (Wildman–Crippen LogP) is 0.544. The maximum Gasteiger partial charge on any atom is 0.326 e. The van der Waals surface area contributed by atoms with Crippen LogP contribution in [0.5, 0.6) is 0 Å². The molecule has 0 radical (unpaired) electrons. The molecule has 0 saturated carbocycles. The Morgan fingerprint density at radius 2 is 1.90 bits per heavy atom. The number of benzene rings is 1. The second-order valence-corrected chi connectivity index (χ2v) is 6.26. The number of carboxylic acids is 1. The van der Waals surface area contributed by atoms with Crippen molar-refractivity contribution in [1.82, 2.24) is 5.32 Å². The van der Waals surface area contributed by atoms with Crippen LogP contribution in [-0.4, -0.2) is 31.4 Å². The van der Waals surface area contributed by atoms with E-state index in [1.807, 2.05) is 0 Å². The molecule has 116 valence electrons. The molecular weight excluding hydrogens is 296 g/mol. The lowest BCUT2D eigenvalue weighted by molar-refractivity contribution is -0.139. The number of amides is 1. The van der Waals surface area contributed by atoms with Crippen molar-refractivity contribution in [3.63, 3.8) is 0 Å². The minimum atomic E-state index is -3.96. The number of carboxylic acid groups (broad SMARTS) is 1. The molecule has 4 N–H and O–H groups in total. The average molecular weight is 314 g/mol. The fourth-order valence-electron chi connectivity index (χ4n) is 1.83. The van der Waals surface area contributed by atoms with Gasteiger partial charge in [0.2, 0.25) is 10.0 Å². The molecule has 0 spiro atoms. The van der Waals surface area contributed by atoms with E-state index in [4.69, 9.17) is 10.2 Å². The second kappa shape index (κ2) is 6.23. The fraction of sp³-hybridized carbons (Fsp3) is 0.385. The van der Waals surface area contributed by atoms with Crippen LogP contribution in [0.25, 0.3) is 0 Å². The molecule has 0 aliphatic rings. The van der Waals surface area contributed by atoms with E-state index in [0.717, 1.165) is 6.07 Å². The molecule has 0 aliphatic heterocycles. The third-order valence-corrected chi connectivity index (χ3v) is 4.24. The molecule has 0 fully saturated rings. The minimum absolute atomic E-state index is 0.0572. The van der Waals surface area contributed by atoms with Crippen molar-refractivity contribution in [2.75, 3.05) is 0 Å². The first kappa shape index (κ1) is 17.1. The number of hydrogen-bond donors (Lipinski definition) is 3. The Bertz CT molecular complexity index is 682. The first-order valence-corrected chi connectivity index (χ1v) is 7.80. The summed E-state index contributed by atoms with van der Waals surface area (Å²) in [6.45, 7) is 4.85. The number of rotatable bonds is 5. The average Bonchev–Trinajstić information content (AvgIpc) is 2.36. The maximum absolute atomic E-state index is 12.1. The van der Waals surface area contributed by atoms with Crippen LogP contribution >= 0.6 is 0 Å². The van der Waals surface area contributed by atoms with Gasteiger partial charge >= 0.3 is 5.97 Å². The van der Waals surface area contributed by atoms with E-state index in [1.54, 1.807) is 20.8 Å². The molecule has 1 aromatic rings. The van der Waals surface area contributed by atoms with Gasteiger partial charge in [-0.3, -0.25) is 4.79 Å². The zero-order valence-electron chi connectivity index (χ0n) is 12.0. The van der Waals surface area contributed by atoms with E-state index >= 15 is 0 Å². The van der Waals surface area contributed by atoms with Crippen molar-refractivity contribution in [2.45, 2.75) is 38.1 Å². The highest BCUT2D eigenvalue weighted by Gasteiger charge is 2.21. The Hall–Kier alpha value is -1.93. The summed E-state index contributed by atoms with van der Waals surface area (Å²) < 4.78 is 23.0. The summed E-state index contributed by atoms with van der Waals surface area (Å²) in [4.78, 5) is 22.8. The second-order valence-electron chi connectivity index (χ2n) is 4.73. The SMILES string of the molecule is CCC(NC(=O)c1cc(C)c(C)c(S(N)(=O)=O)c1)C(=O)O. The van der Waals surface area contributed by atoms with Crippen LogP contribution in [0.3, 0.4) is 0 Å². The summed E-state index contributed by atoms with van der Waals surface area (Å²) in [5.41, 5.74) is 1.09. The number of carbonyl (C=O) groups excluding carboxylic acids is 1. The molecular formula is C13H18N2O5S. The predicted molar refractivity (Wildman–Crippen MR) is 76.5 cm³/mol. The number of carbonyl (C=O) groups is 2. The monoisotopic (exact) mass is 314 g/mol. The molecule has 1 amide bonds. The largest absolute Gasteiger partial charge is 0.480 e. The van der Waals surface area contributed by atoms with Crippen molar-refractivity contribution in [1.29, 1.82) is 0 Å². The normalized spacial score (nSPS) is 12.8. The van der Waals surface area contributed by atoms with Crippen LogP contribution in [0.2, 0.25) is 0 Å². The summed E-state index contributed by atoms with van der Waals surface area (Å²) in [5, 5.41) is 16.4. The summed E-state index contributed by atoms with van der Waals surface area (Å²) in [5.74, 6) is -1.81. The summed E-state index contributed by atoms with van der Waals surface area (Å²) in [6, 6.07) is 1.62. The summed E-state index contributed by atoms with van der Waals surface area (Å²) in [6.07, 6.45) is 0.216. The lowest BCUT2D eigenvalue weighted by Gasteiger charge is -2.14. The summed E-state index contributed by atoms with van der Waals surface area (Å²) >= 11 is 0. The Morgan fingerprint density at radius 1 is 1.33 bits per heavy atom. The Labute approximate surface area is 123 Å². The van der Waals surface area contributed by atoms with Crippen molar-refractivity contribution in [3.05, 3.63) is 28.8 Å². The Balaban J connectivity index is 3.23. The molecule has 1 aromatic carbocycles. The van der Waals surface area contributed by atoms with Crippen molar-refractivity contribution < 1.29 is 23.1 Å². The molecule has 0 bridgehead atoms. The van der Waals surface area contributed by atoms with Gasteiger partial charge in [-0.1, -0.05) is 6.92 Å². The van der Waals surface area contributed by atoms with Crippen LogP contribution in [0.1, 0.15) is 34.8 Å². The molecule has 21 heavy (non-hydrogen) atoms. The van der Waals surface area contributed by atoms with Gasteiger partial charge in [-0.25, -0.2) is 18.4 Å². The molecule has 1 atom stereocenters. The number of aryl methyl sites for hydroxylation is 1. The standard InChI is InChI=1S/C13H18N2O5S/c1-4-10(13(17)18)15-12(16)9-5-7(2)8(3)11(6-9)21(14,19)20/h5-6,10H,4H2,1-3H3,(H,15,16)(H,17,18)(H2,14,19,20). The highest BCUT2D eigenvalue weighted by molar-refractivity contribution is 7.89. The summed E-state index contributed by atoms with van der Waals surface area (Å²) in [7, 11) is -3.96. The third kappa shape index (κ3) is 4.02. The van der Waals surface area contributed by atoms with Gasteiger partial charge in [0.25, 0.3) is 5.91 Å². The molecule has 0 saturated heterocycles. The smallest absolute Gasteiger partial charge is 0.326 e. The zero-order chi connectivity index (χ0) is 16.4. The van der Waals surface area contributed by atoms with Gasteiger partial charge in [0.05, 0.1) is 4.90 Å². The van der Waals surface area contributed by atoms with Gasteiger partial charge in [0.15, 0.2) is 0 Å². The van der Waals surface area contributed by atoms with Crippen LogP contribution in [0.15, 0.2) is 17.0 Å². The molecule has 0 heterocycles. The van der Waals surface area contributed by atoms with Crippen molar-refractivity contribution in [3.8, 4) is 0 Å². The van der Waals surface area contributed by atoms with E-state index < -0.39 is 27.9 Å². The number of nitrogens with two attached hydrogens (primary N) is 1. The Morgan fingerprint density at radius 3 is 2.33 bits per heavy atom. The third-order valence-electron chi connectivity index (χ3n) is 3.20. The lowest BCUT2D eigenvalue weighted by atomic mass is 10.1. The van der Waals surface area contributed by atoms with Crippen molar-refractivity contribution >= 4 is 21.9 Å². The van der Waals surface area contributed by atoms with Crippen LogP contribution in [-0.2, 0) is 14.8 Å². The maximum atomic E-state index is 12.1. The first-order chi connectivity index (χ1) is 9.57. The van der Waals surface area contributed by atoms with Crippen LogP contribution in [0.4, 0.5) is 0 Å². The van der Waals surface area contributed by atoms with Gasteiger partial charge in [-0.15, -0.1) is 0 Å².